The van der Waals surface area contributed by atoms with Crippen molar-refractivity contribution < 1.29 is 20.1 Å². The smallest absolute Gasteiger partial charge is 0.212 e. The Morgan fingerprint density at radius 3 is 1.26 bits per heavy atom. The molecule has 0 heterocycles. The topological polar surface area (TPSA) is 203 Å². The van der Waals surface area contributed by atoms with Crippen LogP contribution in [0.25, 0.3) is 0 Å². The van der Waals surface area contributed by atoms with Crippen molar-refractivity contribution in [1.29, 1.82) is 0 Å². The van der Waals surface area contributed by atoms with E-state index in [-0.39, 0.29) is 10.0 Å². The maximum Gasteiger partial charge on any atom is 0.212 e. The van der Waals surface area contributed by atoms with Gasteiger partial charge in [0.25, 0.3) is 0 Å². The third-order valence-corrected chi connectivity index (χ3v) is 1.55. The van der Waals surface area contributed by atoms with Crippen LogP contribution in [0.5, 0.6) is 0 Å². The Hall–Kier alpha value is -3.20. The molecule has 108 valence electrons. The van der Waals surface area contributed by atoms with Gasteiger partial charge in [0.2, 0.25) is 20.0 Å². The van der Waals surface area contributed by atoms with Crippen molar-refractivity contribution in [2.75, 3.05) is 20.0 Å². The fraction of sp³-hybridized carbons (Fsp3) is 1.00. The summed E-state index contributed by atoms with van der Waals surface area (Å²) in [4.78, 5) is 40.9. The molecule has 0 unspecified atom stereocenters. The van der Waals surface area contributed by atoms with E-state index in [1.54, 1.807) is 0 Å². The minimum atomic E-state index is -1.13. The molecule has 16 heteroatoms. The molecule has 0 aliphatic rings. The molecule has 0 aliphatic heterocycles. The molecular weight excluding hydrogens is 276 g/mol. The summed E-state index contributed by atoms with van der Waals surface area (Å²) in [5.74, 6) is 0. The minimum absolute atomic E-state index is 0.0905. The average molecular weight is 284 g/mol. The van der Waals surface area contributed by atoms with Gasteiger partial charge in [-0.3, -0.25) is 0 Å². The fourth-order valence-electron chi connectivity index (χ4n) is 0.786. The predicted molar refractivity (Wildman–Crippen MR) is 52.5 cm³/mol. The zero-order chi connectivity index (χ0) is 15.0. The second-order valence-corrected chi connectivity index (χ2v) is 2.78. The van der Waals surface area contributed by atoms with Gasteiger partial charge in [0.1, 0.15) is 0 Å². The first-order valence-electron chi connectivity index (χ1n) is 4.28. The van der Waals surface area contributed by atoms with Crippen LogP contribution in [0.15, 0.2) is 0 Å². The number of hydrazine groups is 4. The zero-order valence-electron chi connectivity index (χ0n) is 9.07. The number of nitro groups is 4. The summed E-state index contributed by atoms with van der Waals surface area (Å²) in [6.45, 7) is -2.87. The van der Waals surface area contributed by atoms with Crippen LogP contribution in [0.1, 0.15) is 0 Å². The van der Waals surface area contributed by atoms with E-state index >= 15 is 0 Å². The molecule has 0 aromatic carbocycles. The van der Waals surface area contributed by atoms with E-state index in [0.717, 1.165) is 0 Å². The molecule has 0 saturated heterocycles. The predicted octanol–water partition coefficient (Wildman–Crippen LogP) is -2.59. The molecule has 0 fully saturated rings. The lowest BCUT2D eigenvalue weighted by molar-refractivity contribution is -0.724. The summed E-state index contributed by atoms with van der Waals surface area (Å²) in [6, 6.07) is 0. The van der Waals surface area contributed by atoms with E-state index in [1.807, 2.05) is 0 Å². The maximum atomic E-state index is 10.5. The van der Waals surface area contributed by atoms with Crippen molar-refractivity contribution in [3.63, 3.8) is 0 Å². The molecule has 0 aliphatic carbocycles. The molecule has 16 nitrogen and oxygen atoms in total. The van der Waals surface area contributed by atoms with Crippen molar-refractivity contribution in [2.45, 2.75) is 0 Å². The fourth-order valence-corrected chi connectivity index (χ4v) is 0.786. The molecule has 0 amide bonds. The SMILES string of the molecule is O=[N+]([O-])NCN(CN(CN[N+](=O)[O-])[N+](=O)[O-])[N+](=O)[O-]. The van der Waals surface area contributed by atoms with Crippen molar-refractivity contribution in [1.82, 2.24) is 20.9 Å². The van der Waals surface area contributed by atoms with Crippen molar-refractivity contribution in [3.05, 3.63) is 40.5 Å². The van der Waals surface area contributed by atoms with Crippen molar-refractivity contribution >= 4 is 0 Å². The van der Waals surface area contributed by atoms with Gasteiger partial charge in [0, 0.05) is 0 Å². The van der Waals surface area contributed by atoms with Gasteiger partial charge in [-0.15, -0.1) is 10.9 Å². The molecule has 0 aromatic rings. The van der Waals surface area contributed by atoms with Crippen LogP contribution in [0.2, 0.25) is 0 Å². The van der Waals surface area contributed by atoms with E-state index in [0.29, 0.717) is 0 Å². The molecule has 2 N–H and O–H groups in total. The monoisotopic (exact) mass is 284 g/mol. The molecular formula is C3H8N8O8. The first-order chi connectivity index (χ1) is 8.73. The van der Waals surface area contributed by atoms with Crippen molar-refractivity contribution in [2.24, 2.45) is 0 Å². The number of rotatable bonds is 10. The van der Waals surface area contributed by atoms with Crippen LogP contribution >= 0.6 is 0 Å². The van der Waals surface area contributed by atoms with Gasteiger partial charge >= 0.3 is 0 Å². The second-order valence-electron chi connectivity index (χ2n) is 2.78. The minimum Gasteiger partial charge on any atom is -0.235 e. The normalized spacial score (nSPS) is 9.26. The van der Waals surface area contributed by atoms with Crippen LogP contribution in [0.4, 0.5) is 0 Å². The van der Waals surface area contributed by atoms with Gasteiger partial charge in [0.15, 0.2) is 20.1 Å². The molecule has 0 spiro atoms. The Balaban J connectivity index is 4.56. The summed E-state index contributed by atoms with van der Waals surface area (Å²) >= 11 is 0. The lowest BCUT2D eigenvalue weighted by Crippen LogP contribution is -2.51. The highest BCUT2D eigenvalue weighted by Crippen LogP contribution is 1.93. The highest BCUT2D eigenvalue weighted by Gasteiger charge is 2.27. The Morgan fingerprint density at radius 1 is 0.737 bits per heavy atom. The molecule has 0 radical (unpaired) electrons. The number of nitrogens with zero attached hydrogens (tertiary/aromatic N) is 6. The van der Waals surface area contributed by atoms with Gasteiger partial charge in [0.05, 0.1) is 0 Å². The average Bonchev–Trinajstić information content (AvgIpc) is 2.26. The zero-order valence-corrected chi connectivity index (χ0v) is 9.07. The van der Waals surface area contributed by atoms with Gasteiger partial charge in [-0.25, -0.2) is 40.5 Å². The molecule has 0 aromatic heterocycles. The Morgan fingerprint density at radius 2 is 1.05 bits per heavy atom. The number of nitrogens with one attached hydrogen (secondary N) is 2. The highest BCUT2D eigenvalue weighted by atomic mass is 16.7. The summed E-state index contributed by atoms with van der Waals surface area (Å²) < 4.78 is 0. The Bertz CT molecular complexity index is 337. The standard InChI is InChI=1S/C3H8N8O8/c12-8(13)4-1-6(10(16)17)3-7(11(18)19)2-5-9(14)15/h4-5H,1-3H2. The molecule has 0 atom stereocenters. The maximum absolute atomic E-state index is 10.5. The summed E-state index contributed by atoms with van der Waals surface area (Å²) in [7, 11) is 0. The van der Waals surface area contributed by atoms with Gasteiger partial charge in [-0.2, -0.15) is 0 Å². The third kappa shape index (κ3) is 6.86. The molecule has 19 heavy (non-hydrogen) atoms. The lowest BCUT2D eigenvalue weighted by Gasteiger charge is -2.16. The van der Waals surface area contributed by atoms with Crippen LogP contribution in [0, 0.1) is 40.5 Å². The Kier molecular flexibility index (Phi) is 5.98. The lowest BCUT2D eigenvalue weighted by atomic mass is 10.8. The number of hydrogen-bond donors (Lipinski definition) is 2. The van der Waals surface area contributed by atoms with E-state index in [1.165, 1.54) is 10.9 Å². The largest absolute Gasteiger partial charge is 0.235 e. The Labute approximate surface area is 103 Å². The highest BCUT2D eigenvalue weighted by molar-refractivity contribution is 4.39. The third-order valence-electron chi connectivity index (χ3n) is 1.55. The molecule has 0 bridgehead atoms. The molecule has 0 saturated carbocycles. The van der Waals surface area contributed by atoms with Crippen LogP contribution in [0.3, 0.4) is 0 Å². The summed E-state index contributed by atoms with van der Waals surface area (Å²) in [6.07, 6.45) is 0. The van der Waals surface area contributed by atoms with Crippen molar-refractivity contribution in [3.8, 4) is 0 Å². The first kappa shape index (κ1) is 15.8. The first-order valence-corrected chi connectivity index (χ1v) is 4.28. The van der Waals surface area contributed by atoms with E-state index in [4.69, 9.17) is 0 Å². The number of hydrogen-bond acceptors (Lipinski definition) is 8. The summed E-state index contributed by atoms with van der Waals surface area (Å²) in [5.41, 5.74) is 2.88. The molecule has 0 rings (SSSR count). The quantitative estimate of drug-likeness (QED) is 0.241. The van der Waals surface area contributed by atoms with Gasteiger partial charge in [-0.1, -0.05) is 10.0 Å². The van der Waals surface area contributed by atoms with E-state index < -0.39 is 40.1 Å². The van der Waals surface area contributed by atoms with Crippen LogP contribution < -0.4 is 10.9 Å². The van der Waals surface area contributed by atoms with E-state index in [2.05, 4.69) is 0 Å². The second kappa shape index (κ2) is 7.19. The van der Waals surface area contributed by atoms with Crippen LogP contribution in [-0.2, 0) is 0 Å². The van der Waals surface area contributed by atoms with Gasteiger partial charge in [-0.05, 0) is 0 Å². The van der Waals surface area contributed by atoms with Crippen LogP contribution in [-0.4, -0.2) is 50.2 Å². The van der Waals surface area contributed by atoms with Gasteiger partial charge < -0.3 is 0 Å². The van der Waals surface area contributed by atoms with E-state index in [9.17, 15) is 40.5 Å². The summed E-state index contributed by atoms with van der Waals surface area (Å²) in [5, 5.41) is 36.6.